The van der Waals surface area contributed by atoms with E-state index in [0.29, 0.717) is 12.2 Å². The standard InChI is InChI=1S/C13H15F3O3/c1-3-18-9(2)12(17)8-10-4-6-11(7-5-10)19-13(14,15)16/h4-7,9H,3,8H2,1-2H3. The van der Waals surface area contributed by atoms with E-state index in [1.54, 1.807) is 13.8 Å². The fourth-order valence-corrected chi connectivity index (χ4v) is 1.50. The lowest BCUT2D eigenvalue weighted by atomic mass is 10.1. The van der Waals surface area contributed by atoms with Gasteiger partial charge < -0.3 is 9.47 Å². The van der Waals surface area contributed by atoms with Crippen LogP contribution in [0.4, 0.5) is 13.2 Å². The highest BCUT2D eigenvalue weighted by Gasteiger charge is 2.30. The second-order valence-corrected chi connectivity index (χ2v) is 3.93. The highest BCUT2D eigenvalue weighted by Crippen LogP contribution is 2.22. The first-order valence-corrected chi connectivity index (χ1v) is 5.81. The molecule has 1 atom stereocenters. The van der Waals surface area contributed by atoms with Crippen LogP contribution in [0.3, 0.4) is 0 Å². The third-order valence-electron chi connectivity index (χ3n) is 2.41. The second kappa shape index (κ2) is 6.56. The molecule has 0 N–H and O–H groups in total. The fraction of sp³-hybridized carbons (Fsp3) is 0.462. The quantitative estimate of drug-likeness (QED) is 0.800. The summed E-state index contributed by atoms with van der Waals surface area (Å²) in [4.78, 5) is 11.7. The first-order chi connectivity index (χ1) is 8.81. The molecule has 0 aliphatic heterocycles. The molecule has 3 nitrogen and oxygen atoms in total. The van der Waals surface area contributed by atoms with Crippen LogP contribution in [-0.2, 0) is 16.0 Å². The van der Waals surface area contributed by atoms with Gasteiger partial charge in [-0.25, -0.2) is 0 Å². The molecule has 106 valence electrons. The van der Waals surface area contributed by atoms with Gasteiger partial charge in [0.05, 0.1) is 0 Å². The van der Waals surface area contributed by atoms with E-state index < -0.39 is 12.5 Å². The van der Waals surface area contributed by atoms with Crippen LogP contribution in [-0.4, -0.2) is 24.9 Å². The summed E-state index contributed by atoms with van der Waals surface area (Å²) in [5.74, 6) is -0.423. The minimum Gasteiger partial charge on any atom is -0.406 e. The van der Waals surface area contributed by atoms with Crippen LogP contribution in [0.2, 0.25) is 0 Å². The monoisotopic (exact) mass is 276 g/mol. The van der Waals surface area contributed by atoms with E-state index in [0.717, 1.165) is 0 Å². The molecule has 0 fully saturated rings. The molecule has 19 heavy (non-hydrogen) atoms. The van der Waals surface area contributed by atoms with Crippen molar-refractivity contribution in [2.75, 3.05) is 6.61 Å². The lowest BCUT2D eigenvalue weighted by Gasteiger charge is -2.11. The Morgan fingerprint density at radius 2 is 1.84 bits per heavy atom. The number of benzene rings is 1. The van der Waals surface area contributed by atoms with Gasteiger partial charge in [0.2, 0.25) is 0 Å². The summed E-state index contributed by atoms with van der Waals surface area (Å²) in [6.07, 6.45) is -5.11. The summed E-state index contributed by atoms with van der Waals surface area (Å²) in [5.41, 5.74) is 0.617. The summed E-state index contributed by atoms with van der Waals surface area (Å²) in [6, 6.07) is 5.22. The first kappa shape index (κ1) is 15.5. The number of Topliss-reactive ketones (excluding diaryl/α,β-unsaturated/α-hetero) is 1. The molecule has 6 heteroatoms. The van der Waals surface area contributed by atoms with Gasteiger partial charge >= 0.3 is 6.36 Å². The van der Waals surface area contributed by atoms with Crippen LogP contribution in [0.1, 0.15) is 19.4 Å². The Morgan fingerprint density at radius 1 is 1.26 bits per heavy atom. The molecule has 0 aliphatic rings. The highest BCUT2D eigenvalue weighted by atomic mass is 19.4. The van der Waals surface area contributed by atoms with E-state index in [2.05, 4.69) is 4.74 Å². The molecule has 0 saturated heterocycles. The molecule has 0 aliphatic carbocycles. The van der Waals surface area contributed by atoms with Crippen LogP contribution >= 0.6 is 0 Å². The number of alkyl halides is 3. The SMILES string of the molecule is CCOC(C)C(=O)Cc1ccc(OC(F)(F)F)cc1. The summed E-state index contributed by atoms with van der Waals surface area (Å²) < 4.78 is 44.7. The summed E-state index contributed by atoms with van der Waals surface area (Å²) in [5, 5.41) is 0. The molecule has 1 unspecified atom stereocenters. The zero-order valence-electron chi connectivity index (χ0n) is 10.7. The Morgan fingerprint density at radius 3 is 2.32 bits per heavy atom. The number of ketones is 1. The number of ether oxygens (including phenoxy) is 2. The molecule has 1 aromatic carbocycles. The minimum atomic E-state index is -4.71. The largest absolute Gasteiger partial charge is 0.573 e. The number of carbonyl (C=O) groups excluding carboxylic acids is 1. The van der Waals surface area contributed by atoms with Crippen molar-refractivity contribution in [2.24, 2.45) is 0 Å². The molecule has 0 aromatic heterocycles. The fourth-order valence-electron chi connectivity index (χ4n) is 1.50. The van der Waals surface area contributed by atoms with Gasteiger partial charge in [-0.3, -0.25) is 4.79 Å². The summed E-state index contributed by atoms with van der Waals surface area (Å²) in [7, 11) is 0. The van der Waals surface area contributed by atoms with Crippen molar-refractivity contribution in [2.45, 2.75) is 32.7 Å². The summed E-state index contributed by atoms with van der Waals surface area (Å²) in [6.45, 7) is 3.87. The van der Waals surface area contributed by atoms with Crippen LogP contribution in [0, 0.1) is 0 Å². The average molecular weight is 276 g/mol. The zero-order chi connectivity index (χ0) is 14.5. The number of rotatable bonds is 6. The van der Waals surface area contributed by atoms with Gasteiger partial charge in [0.1, 0.15) is 11.9 Å². The second-order valence-electron chi connectivity index (χ2n) is 3.93. The van der Waals surface area contributed by atoms with Gasteiger partial charge in [0, 0.05) is 13.0 Å². The van der Waals surface area contributed by atoms with E-state index in [9.17, 15) is 18.0 Å². The van der Waals surface area contributed by atoms with Gasteiger partial charge in [-0.05, 0) is 31.5 Å². The van der Waals surface area contributed by atoms with Crippen LogP contribution < -0.4 is 4.74 Å². The predicted molar refractivity (Wildman–Crippen MR) is 62.9 cm³/mol. The normalized spacial score (nSPS) is 13.1. The molecule has 1 aromatic rings. The number of hydrogen-bond donors (Lipinski definition) is 0. The van der Waals surface area contributed by atoms with Crippen molar-refractivity contribution in [1.29, 1.82) is 0 Å². The molecule has 0 heterocycles. The van der Waals surface area contributed by atoms with Gasteiger partial charge in [-0.15, -0.1) is 13.2 Å². The molecule has 0 saturated carbocycles. The van der Waals surface area contributed by atoms with Crippen molar-refractivity contribution >= 4 is 5.78 Å². The maximum absolute atomic E-state index is 11.9. The van der Waals surface area contributed by atoms with Crippen molar-refractivity contribution < 1.29 is 27.4 Å². The van der Waals surface area contributed by atoms with Crippen molar-refractivity contribution in [1.82, 2.24) is 0 Å². The van der Waals surface area contributed by atoms with Gasteiger partial charge in [-0.1, -0.05) is 12.1 Å². The smallest absolute Gasteiger partial charge is 0.406 e. The summed E-state index contributed by atoms with van der Waals surface area (Å²) >= 11 is 0. The van der Waals surface area contributed by atoms with Crippen molar-refractivity contribution in [3.8, 4) is 5.75 Å². The molecule has 0 amide bonds. The zero-order valence-corrected chi connectivity index (χ0v) is 10.7. The van der Waals surface area contributed by atoms with Crippen LogP contribution in [0.25, 0.3) is 0 Å². The molecule has 1 rings (SSSR count). The van der Waals surface area contributed by atoms with Crippen LogP contribution in [0.15, 0.2) is 24.3 Å². The highest BCUT2D eigenvalue weighted by molar-refractivity contribution is 5.84. The maximum Gasteiger partial charge on any atom is 0.573 e. The molecular weight excluding hydrogens is 261 g/mol. The Kier molecular flexibility index (Phi) is 5.35. The molecule has 0 radical (unpaired) electrons. The van der Waals surface area contributed by atoms with E-state index >= 15 is 0 Å². The Balaban J connectivity index is 2.59. The molecule has 0 spiro atoms. The first-order valence-electron chi connectivity index (χ1n) is 5.81. The van der Waals surface area contributed by atoms with E-state index in [4.69, 9.17) is 4.74 Å². The van der Waals surface area contributed by atoms with Crippen molar-refractivity contribution in [3.05, 3.63) is 29.8 Å². The minimum absolute atomic E-state index is 0.119. The third-order valence-corrected chi connectivity index (χ3v) is 2.41. The van der Waals surface area contributed by atoms with E-state index in [-0.39, 0.29) is 18.0 Å². The number of hydrogen-bond acceptors (Lipinski definition) is 3. The topological polar surface area (TPSA) is 35.5 Å². The van der Waals surface area contributed by atoms with Gasteiger partial charge in [0.25, 0.3) is 0 Å². The lowest BCUT2D eigenvalue weighted by Crippen LogP contribution is -2.22. The number of halogens is 3. The Hall–Kier alpha value is -1.56. The Labute approximate surface area is 109 Å². The van der Waals surface area contributed by atoms with Gasteiger partial charge in [-0.2, -0.15) is 0 Å². The Bertz CT molecular complexity index is 412. The average Bonchev–Trinajstić information content (AvgIpc) is 2.30. The lowest BCUT2D eigenvalue weighted by molar-refractivity contribution is -0.274. The van der Waals surface area contributed by atoms with Crippen LogP contribution in [0.5, 0.6) is 5.75 Å². The molecular formula is C13H15F3O3. The van der Waals surface area contributed by atoms with Crippen molar-refractivity contribution in [3.63, 3.8) is 0 Å². The third kappa shape index (κ3) is 5.74. The number of carbonyl (C=O) groups is 1. The van der Waals surface area contributed by atoms with Gasteiger partial charge in [0.15, 0.2) is 5.78 Å². The maximum atomic E-state index is 11.9. The van der Waals surface area contributed by atoms with E-state index in [1.807, 2.05) is 0 Å². The predicted octanol–water partition coefficient (Wildman–Crippen LogP) is 3.12. The molecule has 0 bridgehead atoms. The van der Waals surface area contributed by atoms with E-state index in [1.165, 1.54) is 24.3 Å².